The number of aromatic nitrogens is 4. The Labute approximate surface area is 566 Å². The Balaban J connectivity index is 1.22. The normalized spacial score (nSPS) is 12.8. The SMILES string of the molecule is CCCCCCCCCCCCC(CCCCCCCCCC)Cn1c(=O)c2nc(-c3ccc(Br)s3)sc2c2sc3c(sc4c5sc(-c6ccc(Br)s6)nc5c(=O)n(CC(CCCCCCCCCC)CCCCCCCCCCCC)c(=O)c43)c2c1=O. The monoisotopic (exact) mass is 1440 g/mol. The van der Waals surface area contributed by atoms with E-state index in [1.807, 2.05) is 24.3 Å². The standard InChI is InChI=1S/C72H102Br2N4O4S6/c1-5-9-13-17-21-25-27-31-35-39-43-51(41-37-33-29-23-19-15-11-7-3)49-77-69(79)57-61-62(86-63(57)65-59(71(77)81)75-67(87-65)53-45-47-55(73)83-53)58-64(85-61)66-60(76-68(88-66)54-46-48-56(74)84-54)72(82)78(70(58)80)50-52(42-38-34-30-24-20-16-12-8-4)44-40-36-32-28-26-22-18-14-10-6-2/h45-48,51-52H,5-44,49-50H2,1-4H3. The molecule has 16 heteroatoms. The third-order valence-electron chi connectivity index (χ3n) is 18.3. The van der Waals surface area contributed by atoms with Gasteiger partial charge in [0.15, 0.2) is 0 Å². The number of rotatable bonds is 46. The zero-order chi connectivity index (χ0) is 62.0. The minimum absolute atomic E-state index is 0.156. The van der Waals surface area contributed by atoms with Crippen molar-refractivity contribution in [1.29, 1.82) is 0 Å². The Kier molecular flexibility index (Phi) is 31.4. The minimum Gasteiger partial charge on any atom is -0.273 e. The Hall–Kier alpha value is -2.44. The van der Waals surface area contributed by atoms with Gasteiger partial charge in [0.05, 0.1) is 56.3 Å². The second-order valence-corrected chi connectivity index (χ2v) is 34.5. The predicted octanol–water partition coefficient (Wildman–Crippen LogP) is 25.4. The summed E-state index contributed by atoms with van der Waals surface area (Å²) in [5.74, 6) is 0.312. The first-order valence-electron chi connectivity index (χ1n) is 34.9. The van der Waals surface area contributed by atoms with Crippen molar-refractivity contribution in [3.8, 4) is 19.8 Å². The lowest BCUT2D eigenvalue weighted by atomic mass is 9.93. The van der Waals surface area contributed by atoms with Gasteiger partial charge in [0.1, 0.15) is 21.0 Å². The van der Waals surface area contributed by atoms with Gasteiger partial charge in [0, 0.05) is 13.1 Å². The molecule has 8 aromatic rings. The van der Waals surface area contributed by atoms with Gasteiger partial charge in [-0.1, -0.05) is 259 Å². The highest BCUT2D eigenvalue weighted by Gasteiger charge is 2.28. The minimum atomic E-state index is -0.328. The molecular weight excluding hydrogens is 1340 g/mol. The summed E-state index contributed by atoms with van der Waals surface area (Å²) in [5.41, 5.74) is -0.618. The fourth-order valence-electron chi connectivity index (χ4n) is 13.1. The van der Waals surface area contributed by atoms with Crippen molar-refractivity contribution in [1.82, 2.24) is 19.1 Å². The third-order valence-corrected chi connectivity index (χ3v) is 26.9. The van der Waals surface area contributed by atoms with Crippen LogP contribution in [0.5, 0.6) is 0 Å². The first kappa shape index (κ1) is 71.4. The average molecular weight is 1440 g/mol. The van der Waals surface area contributed by atoms with Gasteiger partial charge in [-0.2, -0.15) is 0 Å². The molecule has 0 aliphatic rings. The molecule has 0 aliphatic carbocycles. The van der Waals surface area contributed by atoms with Crippen LogP contribution < -0.4 is 22.2 Å². The number of thiophene rings is 4. The van der Waals surface area contributed by atoms with Crippen LogP contribution in [0.4, 0.5) is 0 Å². The summed E-state index contributed by atoms with van der Waals surface area (Å²) in [6.07, 6.45) is 48.8. The largest absolute Gasteiger partial charge is 0.280 e. The van der Waals surface area contributed by atoms with Gasteiger partial charge in [-0.05, 0) is 93.6 Å². The van der Waals surface area contributed by atoms with E-state index in [2.05, 4.69) is 59.6 Å². The molecule has 0 spiro atoms. The van der Waals surface area contributed by atoms with Crippen LogP contribution >= 0.6 is 99.9 Å². The maximum absolute atomic E-state index is 16.0. The van der Waals surface area contributed by atoms with E-state index in [4.69, 9.17) is 9.97 Å². The van der Waals surface area contributed by atoms with E-state index >= 15 is 19.2 Å². The van der Waals surface area contributed by atoms with Crippen molar-refractivity contribution in [3.63, 3.8) is 0 Å². The highest BCUT2D eigenvalue weighted by molar-refractivity contribution is 9.11. The fourth-order valence-corrected chi connectivity index (χ4v) is 21.2. The molecular formula is C72H102Br2N4O4S6. The summed E-state index contributed by atoms with van der Waals surface area (Å²) in [7, 11) is 0. The molecule has 0 aliphatic heterocycles. The summed E-state index contributed by atoms with van der Waals surface area (Å²) >= 11 is 16.3. The van der Waals surface area contributed by atoms with E-state index in [1.54, 1.807) is 31.8 Å². The first-order chi connectivity index (χ1) is 43.1. The number of fused-ring (bicyclic) bond motifs is 9. The average Bonchev–Trinajstić information content (AvgIpc) is 1.56. The lowest BCUT2D eigenvalue weighted by Gasteiger charge is -2.18. The summed E-state index contributed by atoms with van der Waals surface area (Å²) < 4.78 is 9.28. The number of hydrogen-bond donors (Lipinski definition) is 0. The predicted molar refractivity (Wildman–Crippen MR) is 399 cm³/mol. The molecule has 8 aromatic heterocycles. The molecule has 484 valence electrons. The fraction of sp³-hybridized carbons (Fsp3) is 0.667. The van der Waals surface area contributed by atoms with Crippen LogP contribution in [0.1, 0.15) is 285 Å². The summed E-state index contributed by atoms with van der Waals surface area (Å²) in [4.78, 5) is 75.0. The summed E-state index contributed by atoms with van der Waals surface area (Å²) in [5, 5.41) is 2.46. The number of unbranched alkanes of at least 4 members (excludes halogenated alkanes) is 32. The van der Waals surface area contributed by atoms with E-state index in [0.29, 0.717) is 63.1 Å². The molecule has 8 nitrogen and oxygen atoms in total. The van der Waals surface area contributed by atoms with Gasteiger partial charge >= 0.3 is 0 Å². The van der Waals surface area contributed by atoms with E-state index < -0.39 is 0 Å². The molecule has 0 aromatic carbocycles. The molecule has 0 bridgehead atoms. The molecule has 0 fully saturated rings. The molecule has 0 amide bonds. The molecule has 8 heterocycles. The Morgan fingerprint density at radius 2 is 0.591 bits per heavy atom. The third kappa shape index (κ3) is 20.3. The molecule has 0 radical (unpaired) electrons. The molecule has 0 saturated carbocycles. The van der Waals surface area contributed by atoms with Gasteiger partial charge < -0.3 is 0 Å². The van der Waals surface area contributed by atoms with Crippen molar-refractivity contribution in [2.45, 2.75) is 298 Å². The van der Waals surface area contributed by atoms with Crippen molar-refractivity contribution in [3.05, 3.63) is 73.3 Å². The highest BCUT2D eigenvalue weighted by atomic mass is 79.9. The maximum atomic E-state index is 16.0. The first-order valence-corrected chi connectivity index (χ1v) is 41.4. The lowest BCUT2D eigenvalue weighted by molar-refractivity contribution is 0.350. The van der Waals surface area contributed by atoms with Crippen molar-refractivity contribution in [2.75, 3.05) is 0 Å². The quantitative estimate of drug-likeness (QED) is 0.0352. The van der Waals surface area contributed by atoms with Crippen LogP contribution in [0, 0.1) is 11.8 Å². The Bertz CT molecular complexity index is 3400. The van der Waals surface area contributed by atoms with E-state index in [9.17, 15) is 0 Å². The summed E-state index contributed by atoms with van der Waals surface area (Å²) in [6.45, 7) is 9.77. The van der Waals surface area contributed by atoms with Crippen molar-refractivity contribution >= 4 is 150 Å². The van der Waals surface area contributed by atoms with Crippen LogP contribution in [-0.2, 0) is 13.1 Å². The van der Waals surface area contributed by atoms with E-state index in [0.717, 1.165) is 104 Å². The number of nitrogens with zero attached hydrogens (tertiary/aromatic N) is 4. The molecule has 0 saturated heterocycles. The second kappa shape index (κ2) is 38.7. The van der Waals surface area contributed by atoms with Gasteiger partial charge in [0.2, 0.25) is 0 Å². The van der Waals surface area contributed by atoms with Gasteiger partial charge in [-0.25, -0.2) is 9.97 Å². The van der Waals surface area contributed by atoms with Crippen LogP contribution in [0.25, 0.3) is 69.8 Å². The number of halogens is 2. The lowest BCUT2D eigenvalue weighted by Crippen LogP contribution is -2.33. The topological polar surface area (TPSA) is 104 Å². The zero-order valence-corrected chi connectivity index (χ0v) is 61.9. The van der Waals surface area contributed by atoms with Crippen molar-refractivity contribution < 1.29 is 0 Å². The van der Waals surface area contributed by atoms with Crippen LogP contribution in [-0.4, -0.2) is 19.1 Å². The number of hydrogen-bond acceptors (Lipinski definition) is 12. The Morgan fingerprint density at radius 3 is 0.852 bits per heavy atom. The van der Waals surface area contributed by atoms with Crippen molar-refractivity contribution in [2.24, 2.45) is 11.8 Å². The van der Waals surface area contributed by atoms with Gasteiger partial charge in [-0.3, -0.25) is 28.3 Å². The van der Waals surface area contributed by atoms with Crippen LogP contribution in [0.3, 0.4) is 0 Å². The van der Waals surface area contributed by atoms with E-state index in [1.165, 1.54) is 225 Å². The van der Waals surface area contributed by atoms with Crippen LogP contribution in [0.15, 0.2) is 51.0 Å². The highest BCUT2D eigenvalue weighted by Crippen LogP contribution is 2.48. The smallest absolute Gasteiger partial charge is 0.273 e. The molecule has 8 rings (SSSR count). The molecule has 2 unspecified atom stereocenters. The second-order valence-electron chi connectivity index (χ2n) is 25.5. The summed E-state index contributed by atoms with van der Waals surface area (Å²) in [6, 6.07) is 8.11. The Morgan fingerprint density at radius 1 is 0.330 bits per heavy atom. The van der Waals surface area contributed by atoms with Crippen LogP contribution in [0.2, 0.25) is 0 Å². The van der Waals surface area contributed by atoms with Gasteiger partial charge in [-0.15, -0.1) is 68.0 Å². The van der Waals surface area contributed by atoms with Gasteiger partial charge in [0.25, 0.3) is 22.2 Å². The van der Waals surface area contributed by atoms with E-state index in [-0.39, 0.29) is 34.1 Å². The molecule has 0 N–H and O–H groups in total. The molecule has 2 atom stereocenters. The molecule has 88 heavy (non-hydrogen) atoms. The number of thiazole rings is 2. The zero-order valence-electron chi connectivity index (χ0n) is 53.8. The maximum Gasteiger partial charge on any atom is 0.280 e.